The Morgan fingerprint density at radius 1 is 1.12 bits per heavy atom. The van der Waals surface area contributed by atoms with Gasteiger partial charge in [0.15, 0.2) is 0 Å². The van der Waals surface area contributed by atoms with E-state index in [0.717, 1.165) is 5.56 Å². The average molecular weight is 365 g/mol. The summed E-state index contributed by atoms with van der Waals surface area (Å²) in [5.74, 6) is -2.51. The highest BCUT2D eigenvalue weighted by Crippen LogP contribution is 2.17. The van der Waals surface area contributed by atoms with Gasteiger partial charge >= 0.3 is 11.9 Å². The Balaban J connectivity index is 0.000000359. The second-order valence-corrected chi connectivity index (χ2v) is 6.05. The fourth-order valence-corrected chi connectivity index (χ4v) is 2.52. The van der Waals surface area contributed by atoms with Gasteiger partial charge in [-0.05, 0) is 18.4 Å². The molecule has 1 aromatic carbocycles. The summed E-state index contributed by atoms with van der Waals surface area (Å²) in [5, 5.41) is 28.8. The topological polar surface area (TPSA) is 116 Å². The maximum atomic E-state index is 9.80. The molecule has 0 amide bonds. The van der Waals surface area contributed by atoms with Gasteiger partial charge in [0, 0.05) is 24.7 Å². The van der Waals surface area contributed by atoms with Gasteiger partial charge in [-0.1, -0.05) is 43.2 Å². The summed E-state index contributed by atoms with van der Waals surface area (Å²) in [5.41, 5.74) is 1.15. The van der Waals surface area contributed by atoms with Crippen LogP contribution in [0, 0.1) is 0 Å². The van der Waals surface area contributed by atoms with Crippen LogP contribution in [0.4, 0.5) is 0 Å². The lowest BCUT2D eigenvalue weighted by molar-refractivity contribution is -0.134. The number of ether oxygens (including phenoxy) is 1. The lowest BCUT2D eigenvalue weighted by Gasteiger charge is -2.16. The smallest absolute Gasteiger partial charge is 0.328 e. The number of aliphatic carboxylic acids is 2. The van der Waals surface area contributed by atoms with Crippen molar-refractivity contribution in [3.63, 3.8) is 0 Å². The molecule has 0 radical (unpaired) electrons. The predicted octanol–water partition coefficient (Wildman–Crippen LogP) is 1.81. The average Bonchev–Trinajstić information content (AvgIpc) is 3.13. The highest BCUT2D eigenvalue weighted by molar-refractivity contribution is 5.89. The van der Waals surface area contributed by atoms with Crippen LogP contribution in [0.25, 0.3) is 0 Å². The Morgan fingerprint density at radius 3 is 2.23 bits per heavy atom. The molecular weight excluding hydrogens is 338 g/mol. The van der Waals surface area contributed by atoms with Crippen LogP contribution in [0.1, 0.15) is 31.2 Å². The van der Waals surface area contributed by atoms with E-state index in [-0.39, 0.29) is 0 Å². The normalized spacial score (nSPS) is 15.4. The fraction of sp³-hybridized carbons (Fsp3) is 0.474. The number of carbonyl (C=O) groups is 2. The van der Waals surface area contributed by atoms with Crippen LogP contribution < -0.4 is 5.32 Å². The molecule has 2 rings (SSSR count). The highest BCUT2D eigenvalue weighted by atomic mass is 16.5. The Morgan fingerprint density at radius 2 is 1.69 bits per heavy atom. The van der Waals surface area contributed by atoms with Crippen LogP contribution in [-0.4, -0.2) is 52.6 Å². The number of aliphatic hydroxyl groups excluding tert-OH is 1. The monoisotopic (exact) mass is 365 g/mol. The van der Waals surface area contributed by atoms with Crippen molar-refractivity contribution >= 4 is 11.9 Å². The molecule has 0 aliphatic heterocycles. The Bertz CT molecular complexity index is 538. The molecule has 1 atom stereocenters. The lowest BCUT2D eigenvalue weighted by Crippen LogP contribution is -2.36. The summed E-state index contributed by atoms with van der Waals surface area (Å²) in [6.45, 7) is 1.61. The second-order valence-electron chi connectivity index (χ2n) is 6.05. The number of hydrogen-bond acceptors (Lipinski definition) is 5. The van der Waals surface area contributed by atoms with E-state index >= 15 is 0 Å². The zero-order valence-electron chi connectivity index (χ0n) is 14.7. The number of carboxylic acid groups (broad SMARTS) is 2. The van der Waals surface area contributed by atoms with E-state index in [2.05, 4.69) is 5.32 Å². The van der Waals surface area contributed by atoms with Gasteiger partial charge < -0.3 is 25.4 Å². The van der Waals surface area contributed by atoms with Gasteiger partial charge in [0.2, 0.25) is 0 Å². The molecule has 1 saturated carbocycles. The zero-order valence-corrected chi connectivity index (χ0v) is 14.7. The molecule has 1 fully saturated rings. The molecule has 1 aromatic rings. The van der Waals surface area contributed by atoms with Crippen molar-refractivity contribution < 1.29 is 29.6 Å². The van der Waals surface area contributed by atoms with Crippen molar-refractivity contribution in [2.45, 2.75) is 44.4 Å². The van der Waals surface area contributed by atoms with Gasteiger partial charge in [0.25, 0.3) is 0 Å². The molecule has 26 heavy (non-hydrogen) atoms. The molecule has 0 heterocycles. The Kier molecular flexibility index (Phi) is 10.9. The number of aliphatic hydroxyl groups is 1. The standard InChI is InChI=1S/C15H23NO2.C4H4O4/c17-15(10-16-14-8-4-5-9-14)12-18-11-13-6-2-1-3-7-13;5-3(6)1-2-4(7)8/h1-3,6-7,14-17H,4-5,8-12H2;1-2H,(H,5,6)(H,7,8)/b;2-1+. The van der Waals surface area contributed by atoms with Crippen LogP contribution in [0.5, 0.6) is 0 Å². The number of rotatable bonds is 9. The third-order valence-corrected chi connectivity index (χ3v) is 3.79. The van der Waals surface area contributed by atoms with E-state index in [1.807, 2.05) is 30.3 Å². The number of hydrogen-bond donors (Lipinski definition) is 4. The molecule has 144 valence electrons. The molecule has 0 saturated heterocycles. The molecule has 1 aliphatic carbocycles. The van der Waals surface area contributed by atoms with Crippen LogP contribution in [0.3, 0.4) is 0 Å². The molecule has 0 aromatic heterocycles. The summed E-state index contributed by atoms with van der Waals surface area (Å²) in [6, 6.07) is 10.7. The van der Waals surface area contributed by atoms with E-state index in [1.165, 1.54) is 25.7 Å². The van der Waals surface area contributed by atoms with Crippen molar-refractivity contribution in [3.8, 4) is 0 Å². The first kappa shape index (κ1) is 21.8. The van der Waals surface area contributed by atoms with Gasteiger partial charge in [-0.3, -0.25) is 0 Å². The van der Waals surface area contributed by atoms with Gasteiger partial charge in [-0.2, -0.15) is 0 Å². The molecule has 1 unspecified atom stereocenters. The van der Waals surface area contributed by atoms with Gasteiger partial charge in [0.05, 0.1) is 19.3 Å². The van der Waals surface area contributed by atoms with E-state index in [4.69, 9.17) is 14.9 Å². The van der Waals surface area contributed by atoms with E-state index in [0.29, 0.717) is 38.0 Å². The largest absolute Gasteiger partial charge is 0.478 e. The van der Waals surface area contributed by atoms with E-state index in [1.54, 1.807) is 0 Å². The molecule has 7 heteroatoms. The Labute approximate surface area is 153 Å². The van der Waals surface area contributed by atoms with Gasteiger partial charge in [-0.25, -0.2) is 9.59 Å². The molecule has 1 aliphatic rings. The first-order valence-electron chi connectivity index (χ1n) is 8.64. The molecular formula is C19H27NO6. The summed E-state index contributed by atoms with van der Waals surface area (Å²) in [7, 11) is 0. The third-order valence-electron chi connectivity index (χ3n) is 3.79. The molecule has 0 bridgehead atoms. The summed E-state index contributed by atoms with van der Waals surface area (Å²) in [6.07, 6.45) is 5.84. The van der Waals surface area contributed by atoms with Crippen molar-refractivity contribution in [3.05, 3.63) is 48.0 Å². The predicted molar refractivity (Wildman–Crippen MR) is 96.8 cm³/mol. The third kappa shape index (κ3) is 11.4. The molecule has 4 N–H and O–H groups in total. The second kappa shape index (κ2) is 13.0. The maximum absolute atomic E-state index is 9.80. The summed E-state index contributed by atoms with van der Waals surface area (Å²) in [4.78, 5) is 19.1. The van der Waals surface area contributed by atoms with E-state index in [9.17, 15) is 14.7 Å². The maximum Gasteiger partial charge on any atom is 0.328 e. The van der Waals surface area contributed by atoms with Crippen molar-refractivity contribution in [1.82, 2.24) is 5.32 Å². The van der Waals surface area contributed by atoms with Gasteiger partial charge in [-0.15, -0.1) is 0 Å². The number of nitrogens with one attached hydrogen (secondary N) is 1. The number of carboxylic acids is 2. The molecule has 0 spiro atoms. The zero-order chi connectivity index (χ0) is 19.2. The quantitative estimate of drug-likeness (QED) is 0.493. The van der Waals surface area contributed by atoms with Crippen LogP contribution >= 0.6 is 0 Å². The first-order valence-corrected chi connectivity index (χ1v) is 8.64. The Hall–Kier alpha value is -2.22. The SMILES string of the molecule is O=C(O)/C=C/C(=O)O.OC(CNC1CCCC1)COCc1ccccc1. The highest BCUT2D eigenvalue weighted by Gasteiger charge is 2.15. The number of benzene rings is 1. The minimum Gasteiger partial charge on any atom is -0.478 e. The summed E-state index contributed by atoms with van der Waals surface area (Å²) < 4.78 is 5.51. The van der Waals surface area contributed by atoms with Crippen LogP contribution in [0.2, 0.25) is 0 Å². The van der Waals surface area contributed by atoms with Crippen molar-refractivity contribution in [2.24, 2.45) is 0 Å². The summed E-state index contributed by atoms with van der Waals surface area (Å²) >= 11 is 0. The van der Waals surface area contributed by atoms with Gasteiger partial charge in [0.1, 0.15) is 0 Å². The minimum atomic E-state index is -1.26. The molecule has 7 nitrogen and oxygen atoms in total. The fourth-order valence-electron chi connectivity index (χ4n) is 2.52. The lowest BCUT2D eigenvalue weighted by atomic mass is 10.2. The minimum absolute atomic E-state index is 0.397. The van der Waals surface area contributed by atoms with Crippen LogP contribution in [0.15, 0.2) is 42.5 Å². The van der Waals surface area contributed by atoms with Crippen molar-refractivity contribution in [2.75, 3.05) is 13.2 Å². The van der Waals surface area contributed by atoms with E-state index < -0.39 is 18.0 Å². The first-order chi connectivity index (χ1) is 12.5. The van der Waals surface area contributed by atoms with Crippen molar-refractivity contribution in [1.29, 1.82) is 0 Å². The van der Waals surface area contributed by atoms with Crippen LogP contribution in [-0.2, 0) is 20.9 Å².